The average molecular weight is 617 g/mol. The molecular formula is C31H28N4O6S2. The van der Waals surface area contributed by atoms with Crippen molar-refractivity contribution in [2.75, 3.05) is 13.2 Å². The third-order valence-corrected chi connectivity index (χ3v) is 9.90. The number of benzene rings is 2. The van der Waals surface area contributed by atoms with Gasteiger partial charge in [-0.2, -0.15) is 0 Å². The van der Waals surface area contributed by atoms with Gasteiger partial charge in [-0.3, -0.25) is 4.79 Å². The van der Waals surface area contributed by atoms with E-state index in [2.05, 4.69) is 9.97 Å². The highest BCUT2D eigenvalue weighted by molar-refractivity contribution is 7.90. The minimum atomic E-state index is -3.84. The zero-order valence-electron chi connectivity index (χ0n) is 22.9. The van der Waals surface area contributed by atoms with Gasteiger partial charge in [-0.1, -0.05) is 36.4 Å². The molecule has 43 heavy (non-hydrogen) atoms. The number of carbonyl (C=O) groups is 1. The summed E-state index contributed by atoms with van der Waals surface area (Å²) in [5, 5.41) is 1.41. The summed E-state index contributed by atoms with van der Waals surface area (Å²) in [5.41, 5.74) is 0.752. The van der Waals surface area contributed by atoms with E-state index in [0.29, 0.717) is 17.3 Å². The molecule has 1 aliphatic heterocycles. The summed E-state index contributed by atoms with van der Waals surface area (Å²) in [6.45, 7) is 2.00. The molecule has 7 rings (SSSR count). The topological polar surface area (TPSA) is 130 Å². The Morgan fingerprint density at radius 3 is 1.77 bits per heavy atom. The van der Waals surface area contributed by atoms with Gasteiger partial charge in [0, 0.05) is 42.6 Å². The molecule has 0 N–H and O–H groups in total. The molecule has 1 aliphatic rings. The summed E-state index contributed by atoms with van der Waals surface area (Å²) >= 11 is 0. The smallest absolute Gasteiger partial charge is 0.270 e. The molecule has 0 amide bonds. The van der Waals surface area contributed by atoms with Crippen molar-refractivity contribution in [3.05, 3.63) is 121 Å². The Bertz CT molecular complexity index is 2050. The lowest BCUT2D eigenvalue weighted by molar-refractivity contribution is 0.111. The van der Waals surface area contributed by atoms with Crippen LogP contribution in [0.25, 0.3) is 22.1 Å². The van der Waals surface area contributed by atoms with Crippen molar-refractivity contribution in [3.63, 3.8) is 0 Å². The Labute approximate surface area is 249 Å². The number of rotatable bonds is 5. The first-order chi connectivity index (χ1) is 20.8. The lowest BCUT2D eigenvalue weighted by atomic mass is 10.3. The van der Waals surface area contributed by atoms with Crippen molar-refractivity contribution in [3.8, 4) is 0 Å². The molecule has 10 nitrogen and oxygen atoms in total. The Kier molecular flexibility index (Phi) is 9.10. The largest absolute Gasteiger partial charge is 0.381 e. The highest BCUT2D eigenvalue weighted by Crippen LogP contribution is 2.23. The van der Waals surface area contributed by atoms with E-state index in [-0.39, 0.29) is 21.1 Å². The second-order valence-electron chi connectivity index (χ2n) is 9.35. The van der Waals surface area contributed by atoms with E-state index in [1.165, 1.54) is 47.4 Å². The van der Waals surface area contributed by atoms with Crippen LogP contribution >= 0.6 is 0 Å². The second kappa shape index (κ2) is 13.1. The minimum absolute atomic E-state index is 0.0579. The Morgan fingerprint density at radius 2 is 1.21 bits per heavy atom. The van der Waals surface area contributed by atoms with Crippen molar-refractivity contribution in [2.45, 2.75) is 22.6 Å². The summed E-state index contributed by atoms with van der Waals surface area (Å²) < 4.78 is 57.3. The fourth-order valence-electron chi connectivity index (χ4n) is 4.42. The van der Waals surface area contributed by atoms with Gasteiger partial charge in [0.05, 0.1) is 15.5 Å². The highest BCUT2D eigenvalue weighted by atomic mass is 32.2. The quantitative estimate of drug-likeness (QED) is 0.243. The minimum Gasteiger partial charge on any atom is -0.381 e. The number of aromatic nitrogens is 4. The van der Waals surface area contributed by atoms with Crippen LogP contribution in [0.4, 0.5) is 0 Å². The van der Waals surface area contributed by atoms with Gasteiger partial charge in [-0.15, -0.1) is 0 Å². The van der Waals surface area contributed by atoms with Crippen molar-refractivity contribution < 1.29 is 26.4 Å². The van der Waals surface area contributed by atoms with Crippen LogP contribution in [0.15, 0.2) is 125 Å². The molecule has 1 saturated heterocycles. The third-order valence-electron chi connectivity index (χ3n) is 6.49. The normalized spacial score (nSPS) is 13.1. The lowest BCUT2D eigenvalue weighted by Gasteiger charge is -2.08. The van der Waals surface area contributed by atoms with Crippen LogP contribution in [0.5, 0.6) is 0 Å². The molecule has 0 unspecified atom stereocenters. The zero-order chi connectivity index (χ0) is 30.3. The van der Waals surface area contributed by atoms with Crippen LogP contribution in [0, 0.1) is 0 Å². The van der Waals surface area contributed by atoms with Gasteiger partial charge in [0.25, 0.3) is 20.0 Å². The molecule has 0 saturated carbocycles. The zero-order valence-corrected chi connectivity index (χ0v) is 24.6. The van der Waals surface area contributed by atoms with E-state index in [0.717, 1.165) is 22.6 Å². The van der Waals surface area contributed by atoms with Crippen LogP contribution in [0.1, 0.15) is 23.3 Å². The maximum absolute atomic E-state index is 12.7. The number of aldehydes is 1. The fourth-order valence-corrected chi connectivity index (χ4v) is 7.21. The summed E-state index contributed by atoms with van der Waals surface area (Å²) in [6, 6.07) is 26.6. The molecule has 0 atom stereocenters. The predicted octanol–water partition coefficient (Wildman–Crippen LogP) is 5.16. The van der Waals surface area contributed by atoms with Crippen LogP contribution < -0.4 is 0 Å². The number of hydrogen-bond acceptors (Lipinski definition) is 8. The SMILES string of the molecule is C1CCOC1.O=Cc1cc2cccnc2n1S(=O)(=O)c1ccccc1.O=S(=O)(c1ccccc1)n1ccc2cccnc21. The van der Waals surface area contributed by atoms with Crippen molar-refractivity contribution in [1.29, 1.82) is 0 Å². The van der Waals surface area contributed by atoms with Gasteiger partial charge in [-0.05, 0) is 73.5 Å². The van der Waals surface area contributed by atoms with E-state index >= 15 is 0 Å². The molecule has 0 radical (unpaired) electrons. The van der Waals surface area contributed by atoms with Gasteiger partial charge < -0.3 is 4.74 Å². The molecule has 220 valence electrons. The first-order valence-corrected chi connectivity index (χ1v) is 16.2. The van der Waals surface area contributed by atoms with Crippen LogP contribution in [-0.2, 0) is 24.8 Å². The number of nitrogens with zero attached hydrogens (tertiary/aromatic N) is 4. The summed E-state index contributed by atoms with van der Waals surface area (Å²) in [7, 11) is -7.41. The summed E-state index contributed by atoms with van der Waals surface area (Å²) in [6.07, 6.45) is 7.68. The van der Waals surface area contributed by atoms with Gasteiger partial charge in [0.2, 0.25) is 0 Å². The molecule has 12 heteroatoms. The van der Waals surface area contributed by atoms with Crippen molar-refractivity contribution in [2.24, 2.45) is 0 Å². The van der Waals surface area contributed by atoms with Crippen molar-refractivity contribution >= 4 is 48.4 Å². The van der Waals surface area contributed by atoms with Crippen LogP contribution in [-0.4, -0.2) is 54.2 Å². The van der Waals surface area contributed by atoms with E-state index in [1.807, 2.05) is 6.07 Å². The van der Waals surface area contributed by atoms with E-state index in [9.17, 15) is 21.6 Å². The molecule has 0 aliphatic carbocycles. The standard InChI is InChI=1S/C14H10N2O3S.C13H10N2O2S.C4H8O/c17-10-12-9-11-5-4-8-15-14(11)16(12)20(18,19)13-6-2-1-3-7-13;16-18(17,12-6-2-1-3-7-12)15-10-8-11-5-4-9-14-13(11)15;1-2-4-5-3-1/h1-10H;1-10H;1-4H2. The van der Waals surface area contributed by atoms with E-state index < -0.39 is 20.0 Å². The number of pyridine rings is 2. The number of carbonyl (C=O) groups excluding carboxylic acids is 1. The number of fused-ring (bicyclic) bond motifs is 2. The molecular weight excluding hydrogens is 588 g/mol. The first kappa shape index (κ1) is 29.8. The maximum atomic E-state index is 12.7. The van der Waals surface area contributed by atoms with Crippen LogP contribution in [0.2, 0.25) is 0 Å². The van der Waals surface area contributed by atoms with Gasteiger partial charge in [0.15, 0.2) is 17.6 Å². The first-order valence-electron chi connectivity index (χ1n) is 13.4. The maximum Gasteiger partial charge on any atom is 0.270 e. The Morgan fingerprint density at radius 1 is 0.651 bits per heavy atom. The van der Waals surface area contributed by atoms with Crippen molar-refractivity contribution in [1.82, 2.24) is 17.9 Å². The molecule has 4 aromatic heterocycles. The highest BCUT2D eigenvalue weighted by Gasteiger charge is 2.23. The number of ether oxygens (including phenoxy) is 1. The summed E-state index contributed by atoms with van der Waals surface area (Å²) in [4.78, 5) is 19.7. The fraction of sp³-hybridized carbons (Fsp3) is 0.129. The molecule has 6 aromatic rings. The van der Waals surface area contributed by atoms with E-state index in [1.54, 1.807) is 79.0 Å². The van der Waals surface area contributed by atoms with Gasteiger partial charge in [-0.25, -0.2) is 34.7 Å². The molecule has 1 fully saturated rings. The molecule has 0 spiro atoms. The molecule has 5 heterocycles. The van der Waals surface area contributed by atoms with E-state index in [4.69, 9.17) is 4.74 Å². The third kappa shape index (κ3) is 6.41. The molecule has 0 bridgehead atoms. The Hall–Kier alpha value is -4.65. The van der Waals surface area contributed by atoms with Crippen LogP contribution in [0.3, 0.4) is 0 Å². The monoisotopic (exact) mass is 616 g/mol. The average Bonchev–Trinajstić information content (AvgIpc) is 3.83. The lowest BCUT2D eigenvalue weighted by Crippen LogP contribution is -2.15. The number of hydrogen-bond donors (Lipinski definition) is 0. The Balaban J connectivity index is 0.000000148. The predicted molar refractivity (Wildman–Crippen MR) is 163 cm³/mol. The second-order valence-corrected chi connectivity index (χ2v) is 13.0. The summed E-state index contributed by atoms with van der Waals surface area (Å²) in [5.74, 6) is 0. The van der Waals surface area contributed by atoms with Gasteiger partial charge in [0.1, 0.15) is 0 Å². The van der Waals surface area contributed by atoms with Gasteiger partial charge >= 0.3 is 0 Å². The molecule has 2 aromatic carbocycles.